The third kappa shape index (κ3) is 4.19. The van der Waals surface area contributed by atoms with Crippen LogP contribution in [0.1, 0.15) is 0 Å². The van der Waals surface area contributed by atoms with E-state index in [1.807, 2.05) is 6.07 Å². The highest BCUT2D eigenvalue weighted by Gasteiger charge is 2.22. The molecule has 0 aliphatic carbocycles. The number of hydrogen-bond acceptors (Lipinski definition) is 1. The lowest BCUT2D eigenvalue weighted by Gasteiger charge is -2.12. The van der Waals surface area contributed by atoms with Gasteiger partial charge in [-0.3, -0.25) is 0 Å². The molecule has 0 N–H and O–H groups in total. The summed E-state index contributed by atoms with van der Waals surface area (Å²) < 4.78 is 11.4. The van der Waals surface area contributed by atoms with Gasteiger partial charge in [0.2, 0.25) is 0 Å². The highest BCUT2D eigenvalue weighted by Crippen LogP contribution is 2.48. The molecule has 238 valence electrons. The minimum atomic E-state index is 0.869. The van der Waals surface area contributed by atoms with Gasteiger partial charge in [-0.15, -0.1) is 0 Å². The Kier molecular flexibility index (Phi) is 5.96. The van der Waals surface area contributed by atoms with Crippen molar-refractivity contribution in [3.05, 3.63) is 182 Å². The second-order valence-corrected chi connectivity index (χ2v) is 13.3. The Morgan fingerprint density at radius 2 is 0.784 bits per heavy atom. The average molecular weight is 651 g/mol. The zero-order valence-corrected chi connectivity index (χ0v) is 27.6. The number of para-hydroxylation sites is 4. The predicted molar refractivity (Wildman–Crippen MR) is 212 cm³/mol. The molecule has 0 atom stereocenters. The van der Waals surface area contributed by atoms with E-state index < -0.39 is 0 Å². The molecule has 3 heteroatoms. The van der Waals surface area contributed by atoms with E-state index in [-0.39, 0.29) is 0 Å². The molecule has 10 aromatic rings. The molecule has 0 saturated heterocycles. The summed E-state index contributed by atoms with van der Waals surface area (Å²) in [6, 6.07) is 65.5. The smallest absolute Gasteiger partial charge is 0.135 e. The number of ether oxygens (including phenoxy) is 1. The number of nitrogens with zero attached hydrogens (tertiary/aromatic N) is 2. The van der Waals surface area contributed by atoms with Gasteiger partial charge in [0.05, 0.1) is 22.1 Å². The predicted octanol–water partition coefficient (Wildman–Crippen LogP) is 13.0. The van der Waals surface area contributed by atoms with Crippen molar-refractivity contribution in [1.29, 1.82) is 0 Å². The zero-order chi connectivity index (χ0) is 33.5. The lowest BCUT2D eigenvalue weighted by atomic mass is 9.92. The monoisotopic (exact) mass is 650 g/mol. The van der Waals surface area contributed by atoms with Gasteiger partial charge in [-0.2, -0.15) is 0 Å². The third-order valence-corrected chi connectivity index (χ3v) is 10.5. The quantitative estimate of drug-likeness (QED) is 0.186. The lowest BCUT2D eigenvalue weighted by Crippen LogP contribution is -1.94. The van der Waals surface area contributed by atoms with Gasteiger partial charge in [-0.25, -0.2) is 0 Å². The van der Waals surface area contributed by atoms with Gasteiger partial charge in [0.15, 0.2) is 0 Å². The minimum Gasteiger partial charge on any atom is -0.456 e. The van der Waals surface area contributed by atoms with Crippen LogP contribution in [0.4, 0.5) is 0 Å². The highest BCUT2D eigenvalue weighted by molar-refractivity contribution is 6.19. The Labute approximate surface area is 294 Å². The van der Waals surface area contributed by atoms with E-state index in [0.29, 0.717) is 0 Å². The van der Waals surface area contributed by atoms with E-state index >= 15 is 0 Å². The first-order valence-electron chi connectivity index (χ1n) is 17.4. The van der Waals surface area contributed by atoms with Crippen molar-refractivity contribution in [2.24, 2.45) is 0 Å². The van der Waals surface area contributed by atoms with Crippen molar-refractivity contribution in [3.63, 3.8) is 0 Å². The molecule has 51 heavy (non-hydrogen) atoms. The summed E-state index contributed by atoms with van der Waals surface area (Å²) in [6.07, 6.45) is 0. The molecule has 2 aromatic heterocycles. The second-order valence-electron chi connectivity index (χ2n) is 13.3. The maximum atomic E-state index is 6.56. The Bertz CT molecular complexity index is 2990. The molecule has 1 aliphatic heterocycles. The summed E-state index contributed by atoms with van der Waals surface area (Å²) in [5.74, 6) is 1.75. The number of hydrogen-bond donors (Lipinski definition) is 0. The molecule has 0 fully saturated rings. The fraction of sp³-hybridized carbons (Fsp3) is 0. The Morgan fingerprint density at radius 1 is 0.294 bits per heavy atom. The Hall–Kier alpha value is -6.84. The first-order valence-corrected chi connectivity index (χ1v) is 17.4. The summed E-state index contributed by atoms with van der Waals surface area (Å²) in [4.78, 5) is 0. The summed E-state index contributed by atoms with van der Waals surface area (Å²) in [6.45, 7) is 0. The molecule has 0 spiro atoms. The SMILES string of the molecule is c1ccc(-n2c3ccccc3c3cc4c(cc32)c2cc(-c3ccc5c(c3)-c3ccccc3-c3ccccc3O5)ccc2n4-c2ccccc2)cc1. The van der Waals surface area contributed by atoms with Crippen LogP contribution in [0.5, 0.6) is 11.5 Å². The fourth-order valence-electron chi connectivity index (χ4n) is 8.23. The molecule has 0 amide bonds. The van der Waals surface area contributed by atoms with Crippen molar-refractivity contribution in [1.82, 2.24) is 9.13 Å². The molecule has 11 rings (SSSR count). The van der Waals surface area contributed by atoms with Gasteiger partial charge >= 0.3 is 0 Å². The van der Waals surface area contributed by atoms with Crippen molar-refractivity contribution in [2.45, 2.75) is 0 Å². The highest BCUT2D eigenvalue weighted by atomic mass is 16.5. The van der Waals surface area contributed by atoms with E-state index in [9.17, 15) is 0 Å². The first kappa shape index (κ1) is 28.0. The van der Waals surface area contributed by atoms with Crippen molar-refractivity contribution in [2.75, 3.05) is 0 Å². The van der Waals surface area contributed by atoms with Gasteiger partial charge in [0, 0.05) is 44.0 Å². The largest absolute Gasteiger partial charge is 0.456 e. The molecule has 3 nitrogen and oxygen atoms in total. The van der Waals surface area contributed by atoms with Crippen LogP contribution >= 0.6 is 0 Å². The van der Waals surface area contributed by atoms with E-state index in [4.69, 9.17) is 4.74 Å². The molecule has 0 radical (unpaired) electrons. The van der Waals surface area contributed by atoms with Crippen LogP contribution in [0, 0.1) is 0 Å². The molecule has 0 saturated carbocycles. The summed E-state index contributed by atoms with van der Waals surface area (Å²) >= 11 is 0. The number of rotatable bonds is 3. The molecule has 8 aromatic carbocycles. The van der Waals surface area contributed by atoms with Crippen LogP contribution in [0.3, 0.4) is 0 Å². The molecule has 0 bridgehead atoms. The van der Waals surface area contributed by atoms with Gasteiger partial charge in [0.25, 0.3) is 0 Å². The van der Waals surface area contributed by atoms with Gasteiger partial charge < -0.3 is 13.9 Å². The maximum Gasteiger partial charge on any atom is 0.135 e. The average Bonchev–Trinajstić information content (AvgIpc) is 3.64. The van der Waals surface area contributed by atoms with E-state index in [0.717, 1.165) is 39.6 Å². The molecular weight excluding hydrogens is 621 g/mol. The van der Waals surface area contributed by atoms with Crippen LogP contribution < -0.4 is 4.74 Å². The third-order valence-electron chi connectivity index (χ3n) is 10.5. The number of fused-ring (bicyclic) bond motifs is 11. The number of benzene rings is 8. The van der Waals surface area contributed by atoms with Crippen LogP contribution in [-0.4, -0.2) is 9.13 Å². The van der Waals surface area contributed by atoms with Gasteiger partial charge in [-0.1, -0.05) is 109 Å². The summed E-state index contributed by atoms with van der Waals surface area (Å²) in [5, 5.41) is 4.94. The van der Waals surface area contributed by atoms with E-state index in [1.165, 1.54) is 60.3 Å². The standard InChI is InChI=1S/C48H30N2O/c1-3-13-33(14-4-1)49-43-21-11-9-19-37(43)40-29-46-41(30-45(40)49)39-27-31(23-25-44(39)50(46)34-15-5-2-6-16-34)32-24-26-48-42(28-32)36-18-8-7-17-35(36)38-20-10-12-22-47(38)51-48/h1-30H. The molecule has 0 unspecified atom stereocenters. The summed E-state index contributed by atoms with van der Waals surface area (Å²) in [5.41, 5.74) is 14.0. The topological polar surface area (TPSA) is 19.1 Å². The minimum absolute atomic E-state index is 0.869. The molecule has 3 heterocycles. The summed E-state index contributed by atoms with van der Waals surface area (Å²) in [7, 11) is 0. The van der Waals surface area contributed by atoms with Crippen molar-refractivity contribution in [3.8, 4) is 56.3 Å². The normalized spacial score (nSPS) is 12.1. The van der Waals surface area contributed by atoms with E-state index in [2.05, 4.69) is 185 Å². The molecule has 1 aliphatic rings. The second kappa shape index (κ2) is 10.8. The van der Waals surface area contributed by atoms with Gasteiger partial charge in [-0.05, 0) is 95.1 Å². The van der Waals surface area contributed by atoms with Crippen LogP contribution in [0.25, 0.3) is 88.4 Å². The van der Waals surface area contributed by atoms with Crippen molar-refractivity contribution >= 4 is 43.6 Å². The Morgan fingerprint density at radius 3 is 1.51 bits per heavy atom. The van der Waals surface area contributed by atoms with Gasteiger partial charge in [0.1, 0.15) is 11.5 Å². The maximum absolute atomic E-state index is 6.56. The van der Waals surface area contributed by atoms with E-state index in [1.54, 1.807) is 0 Å². The van der Waals surface area contributed by atoms with Crippen LogP contribution in [-0.2, 0) is 0 Å². The first-order chi connectivity index (χ1) is 25.3. The Balaban J connectivity index is 1.18. The fourth-order valence-corrected chi connectivity index (χ4v) is 8.23. The van der Waals surface area contributed by atoms with Crippen LogP contribution in [0.15, 0.2) is 182 Å². The molecular formula is C48H30N2O. The van der Waals surface area contributed by atoms with Crippen molar-refractivity contribution < 1.29 is 4.74 Å². The lowest BCUT2D eigenvalue weighted by molar-refractivity contribution is 0.488. The number of aromatic nitrogens is 2. The van der Waals surface area contributed by atoms with Crippen LogP contribution in [0.2, 0.25) is 0 Å². The zero-order valence-electron chi connectivity index (χ0n) is 27.6.